The molecule has 0 aliphatic rings. The number of unbranched alkanes of at least 4 members (excludes halogenated alkanes) is 4. The molecule has 0 aliphatic heterocycles. The van der Waals surface area contributed by atoms with Crippen molar-refractivity contribution in [3.8, 4) is 5.75 Å². The lowest BCUT2D eigenvalue weighted by Crippen LogP contribution is -2.17. The van der Waals surface area contributed by atoms with E-state index in [2.05, 4.69) is 32.0 Å². The van der Waals surface area contributed by atoms with Crippen molar-refractivity contribution in [3.05, 3.63) is 41.5 Å². The predicted octanol–water partition coefficient (Wildman–Crippen LogP) is 6.16. The third-order valence-corrected chi connectivity index (χ3v) is 5.02. The van der Waals surface area contributed by atoms with Crippen LogP contribution in [0.2, 0.25) is 0 Å². The molecule has 0 saturated carbocycles. The molecule has 1 atom stereocenters. The first-order chi connectivity index (χ1) is 12.6. The Labute approximate surface area is 157 Å². The molecule has 0 N–H and O–H groups in total. The molecule has 2 rings (SSSR count). The van der Waals surface area contributed by atoms with Crippen LogP contribution in [-0.4, -0.2) is 19.7 Å². The fourth-order valence-corrected chi connectivity index (χ4v) is 3.68. The van der Waals surface area contributed by atoms with Gasteiger partial charge in [-0.1, -0.05) is 63.3 Å². The standard InChI is InChI=1S/C23H32O3/c1-5-7-8-9-10-12-20(23(24)26-6-2)22-17(3)15-16-18-19(22)13-11-14-21(18)25-4/h11,13-16,20H,5-10,12H2,1-4H3. The van der Waals surface area contributed by atoms with Gasteiger partial charge >= 0.3 is 5.97 Å². The molecule has 0 radical (unpaired) electrons. The second-order valence-electron chi connectivity index (χ2n) is 6.86. The minimum Gasteiger partial charge on any atom is -0.496 e. The van der Waals surface area contributed by atoms with E-state index < -0.39 is 0 Å². The number of carbonyl (C=O) groups is 1. The van der Waals surface area contributed by atoms with E-state index >= 15 is 0 Å². The van der Waals surface area contributed by atoms with Gasteiger partial charge < -0.3 is 9.47 Å². The Bertz CT molecular complexity index is 721. The molecule has 26 heavy (non-hydrogen) atoms. The molecule has 0 heterocycles. The van der Waals surface area contributed by atoms with E-state index in [0.717, 1.165) is 46.9 Å². The Kier molecular flexibility index (Phi) is 7.96. The smallest absolute Gasteiger partial charge is 0.313 e. The van der Waals surface area contributed by atoms with Crippen LogP contribution in [0.15, 0.2) is 30.3 Å². The van der Waals surface area contributed by atoms with Gasteiger partial charge in [-0.25, -0.2) is 0 Å². The fraction of sp³-hybridized carbons (Fsp3) is 0.522. The minimum atomic E-state index is -0.215. The van der Waals surface area contributed by atoms with Gasteiger partial charge in [0, 0.05) is 5.39 Å². The van der Waals surface area contributed by atoms with E-state index in [4.69, 9.17) is 9.47 Å². The second-order valence-corrected chi connectivity index (χ2v) is 6.86. The summed E-state index contributed by atoms with van der Waals surface area (Å²) >= 11 is 0. The maximum Gasteiger partial charge on any atom is 0.313 e. The van der Waals surface area contributed by atoms with E-state index in [0.29, 0.717) is 6.61 Å². The van der Waals surface area contributed by atoms with Gasteiger partial charge in [-0.05, 0) is 42.8 Å². The van der Waals surface area contributed by atoms with Crippen LogP contribution in [0.4, 0.5) is 0 Å². The fourth-order valence-electron chi connectivity index (χ4n) is 3.68. The highest BCUT2D eigenvalue weighted by Crippen LogP contribution is 2.36. The van der Waals surface area contributed by atoms with Gasteiger partial charge in [-0.2, -0.15) is 0 Å². The van der Waals surface area contributed by atoms with Crippen molar-refractivity contribution in [2.45, 2.75) is 65.2 Å². The lowest BCUT2D eigenvalue weighted by atomic mass is 9.86. The van der Waals surface area contributed by atoms with E-state index in [1.165, 1.54) is 19.3 Å². The Hall–Kier alpha value is -2.03. The van der Waals surface area contributed by atoms with E-state index in [-0.39, 0.29) is 11.9 Å². The molecular formula is C23H32O3. The van der Waals surface area contributed by atoms with Crippen LogP contribution in [0, 0.1) is 6.92 Å². The summed E-state index contributed by atoms with van der Waals surface area (Å²) in [6.07, 6.45) is 6.76. The third kappa shape index (κ3) is 4.78. The summed E-state index contributed by atoms with van der Waals surface area (Å²) in [4.78, 5) is 12.8. The zero-order valence-corrected chi connectivity index (χ0v) is 16.6. The number of esters is 1. The molecule has 0 bridgehead atoms. The quantitative estimate of drug-likeness (QED) is 0.377. The third-order valence-electron chi connectivity index (χ3n) is 5.02. The van der Waals surface area contributed by atoms with Crippen LogP contribution in [-0.2, 0) is 9.53 Å². The van der Waals surface area contributed by atoms with Gasteiger partial charge in [0.1, 0.15) is 5.75 Å². The minimum absolute atomic E-state index is 0.110. The Balaban J connectivity index is 2.39. The number of ether oxygens (including phenoxy) is 2. The first-order valence-corrected chi connectivity index (χ1v) is 9.86. The summed E-state index contributed by atoms with van der Waals surface area (Å²) < 4.78 is 10.9. The SMILES string of the molecule is CCCCCCCC(C(=O)OCC)c1c(C)ccc2c(OC)cccc12. The Morgan fingerprint density at radius 3 is 2.46 bits per heavy atom. The number of carbonyl (C=O) groups excluding carboxylic acids is 1. The van der Waals surface area contributed by atoms with Crippen LogP contribution in [0.1, 0.15) is 69.4 Å². The summed E-state index contributed by atoms with van der Waals surface area (Å²) in [5.41, 5.74) is 2.23. The van der Waals surface area contributed by atoms with Gasteiger partial charge in [0.05, 0.1) is 19.6 Å². The summed E-state index contributed by atoms with van der Waals surface area (Å²) in [6.45, 7) is 6.58. The first-order valence-electron chi connectivity index (χ1n) is 9.86. The van der Waals surface area contributed by atoms with Crippen LogP contribution < -0.4 is 4.74 Å². The molecule has 3 heteroatoms. The molecule has 3 nitrogen and oxygen atoms in total. The Morgan fingerprint density at radius 1 is 1.00 bits per heavy atom. The average Bonchev–Trinajstić information content (AvgIpc) is 2.65. The van der Waals surface area contributed by atoms with Crippen LogP contribution >= 0.6 is 0 Å². The van der Waals surface area contributed by atoms with Crippen molar-refractivity contribution in [2.24, 2.45) is 0 Å². The molecule has 1 unspecified atom stereocenters. The average molecular weight is 357 g/mol. The van der Waals surface area contributed by atoms with Crippen molar-refractivity contribution in [1.82, 2.24) is 0 Å². The van der Waals surface area contributed by atoms with Crippen molar-refractivity contribution in [3.63, 3.8) is 0 Å². The number of rotatable bonds is 10. The molecule has 2 aromatic rings. The molecule has 2 aromatic carbocycles. The molecule has 0 aliphatic carbocycles. The van der Waals surface area contributed by atoms with Crippen LogP contribution in [0.25, 0.3) is 10.8 Å². The monoisotopic (exact) mass is 356 g/mol. The van der Waals surface area contributed by atoms with E-state index in [9.17, 15) is 4.79 Å². The number of aryl methyl sites for hydroxylation is 1. The Morgan fingerprint density at radius 2 is 1.77 bits per heavy atom. The number of methoxy groups -OCH3 is 1. The molecule has 0 saturated heterocycles. The summed E-state index contributed by atoms with van der Waals surface area (Å²) in [5.74, 6) is 0.517. The van der Waals surface area contributed by atoms with Gasteiger partial charge in [-0.3, -0.25) is 4.79 Å². The molecule has 0 fully saturated rings. The van der Waals surface area contributed by atoms with Crippen LogP contribution in [0.3, 0.4) is 0 Å². The van der Waals surface area contributed by atoms with Crippen molar-refractivity contribution < 1.29 is 14.3 Å². The largest absolute Gasteiger partial charge is 0.496 e. The maximum absolute atomic E-state index is 12.8. The second kappa shape index (κ2) is 10.2. The highest BCUT2D eigenvalue weighted by molar-refractivity contribution is 5.95. The number of benzene rings is 2. The highest BCUT2D eigenvalue weighted by atomic mass is 16.5. The van der Waals surface area contributed by atoms with Crippen molar-refractivity contribution >= 4 is 16.7 Å². The first kappa shape index (κ1) is 20.3. The van der Waals surface area contributed by atoms with Gasteiger partial charge in [-0.15, -0.1) is 0 Å². The van der Waals surface area contributed by atoms with E-state index in [1.54, 1.807) is 7.11 Å². The molecule has 0 amide bonds. The summed E-state index contributed by atoms with van der Waals surface area (Å²) in [7, 11) is 1.69. The normalized spacial score (nSPS) is 12.2. The predicted molar refractivity (Wildman–Crippen MR) is 108 cm³/mol. The molecule has 142 valence electrons. The maximum atomic E-state index is 12.8. The molecule has 0 aromatic heterocycles. The zero-order chi connectivity index (χ0) is 18.9. The van der Waals surface area contributed by atoms with Crippen molar-refractivity contribution in [2.75, 3.05) is 13.7 Å². The zero-order valence-electron chi connectivity index (χ0n) is 16.6. The number of hydrogen-bond acceptors (Lipinski definition) is 3. The molecule has 0 spiro atoms. The molecular weight excluding hydrogens is 324 g/mol. The van der Waals surface area contributed by atoms with Crippen LogP contribution in [0.5, 0.6) is 5.75 Å². The highest BCUT2D eigenvalue weighted by Gasteiger charge is 2.25. The number of hydrogen-bond donors (Lipinski definition) is 0. The van der Waals surface area contributed by atoms with Crippen molar-refractivity contribution in [1.29, 1.82) is 0 Å². The van der Waals surface area contributed by atoms with Gasteiger partial charge in [0.15, 0.2) is 0 Å². The summed E-state index contributed by atoms with van der Waals surface area (Å²) in [6, 6.07) is 10.2. The van der Waals surface area contributed by atoms with Gasteiger partial charge in [0.2, 0.25) is 0 Å². The summed E-state index contributed by atoms with van der Waals surface area (Å²) in [5, 5.41) is 2.15. The van der Waals surface area contributed by atoms with E-state index in [1.807, 2.05) is 19.1 Å². The lowest BCUT2D eigenvalue weighted by Gasteiger charge is -2.21. The topological polar surface area (TPSA) is 35.5 Å². The lowest BCUT2D eigenvalue weighted by molar-refractivity contribution is -0.145. The number of fused-ring (bicyclic) bond motifs is 1. The van der Waals surface area contributed by atoms with Gasteiger partial charge in [0.25, 0.3) is 0 Å².